The lowest BCUT2D eigenvalue weighted by Gasteiger charge is -2.32. The van der Waals surface area contributed by atoms with Crippen LogP contribution in [-0.4, -0.2) is 5.91 Å². The summed E-state index contributed by atoms with van der Waals surface area (Å²) < 4.78 is 0. The Kier molecular flexibility index (Phi) is 2.73. The highest BCUT2D eigenvalue weighted by molar-refractivity contribution is 5.81. The lowest BCUT2D eigenvalue weighted by molar-refractivity contribution is -0.130. The van der Waals surface area contributed by atoms with Gasteiger partial charge in [0.15, 0.2) is 0 Å². The lowest BCUT2D eigenvalue weighted by atomic mass is 9.73. The largest absolute Gasteiger partial charge is 0.294 e. The number of hydrogen-bond donors (Lipinski definition) is 2. The quantitative estimate of drug-likeness (QED) is 0.380. The van der Waals surface area contributed by atoms with Crippen molar-refractivity contribution >= 4 is 5.91 Å². The number of carbonyl (C=O) groups excluding carboxylic acids is 1. The minimum Gasteiger partial charge on any atom is -0.294 e. The third-order valence-electron chi connectivity index (χ3n) is 2.77. The molecule has 1 fully saturated rings. The Balaban J connectivity index is 2.40. The monoisotopic (exact) mass is 170 g/mol. The molecule has 1 aliphatic rings. The second kappa shape index (κ2) is 3.44. The van der Waals surface area contributed by atoms with Crippen molar-refractivity contribution < 1.29 is 4.79 Å². The minimum absolute atomic E-state index is 0.0469. The van der Waals surface area contributed by atoms with Crippen LogP contribution >= 0.6 is 0 Å². The molecule has 3 heteroatoms. The average molecular weight is 170 g/mol. The van der Waals surface area contributed by atoms with Crippen LogP contribution < -0.4 is 11.3 Å². The van der Waals surface area contributed by atoms with Crippen molar-refractivity contribution in [2.24, 2.45) is 17.2 Å². The van der Waals surface area contributed by atoms with Crippen molar-refractivity contribution in [2.75, 3.05) is 0 Å². The highest BCUT2D eigenvalue weighted by atomic mass is 16.2. The molecule has 1 saturated carbocycles. The topological polar surface area (TPSA) is 55.1 Å². The van der Waals surface area contributed by atoms with Crippen LogP contribution in [0.3, 0.4) is 0 Å². The zero-order chi connectivity index (χ0) is 9.19. The molecule has 1 rings (SSSR count). The van der Waals surface area contributed by atoms with Gasteiger partial charge in [-0.2, -0.15) is 0 Å². The Morgan fingerprint density at radius 1 is 1.58 bits per heavy atom. The number of rotatable bonds is 3. The zero-order valence-corrected chi connectivity index (χ0v) is 7.89. The van der Waals surface area contributed by atoms with Crippen LogP contribution in [0.2, 0.25) is 0 Å². The normalized spacial score (nSPS) is 18.6. The molecule has 0 aliphatic heterocycles. The van der Waals surface area contributed by atoms with E-state index in [4.69, 9.17) is 5.84 Å². The maximum absolute atomic E-state index is 11.3. The predicted molar refractivity (Wildman–Crippen MR) is 48.1 cm³/mol. The zero-order valence-electron chi connectivity index (χ0n) is 7.89. The van der Waals surface area contributed by atoms with E-state index in [0.29, 0.717) is 0 Å². The number of hydrogen-bond acceptors (Lipinski definition) is 2. The summed E-state index contributed by atoms with van der Waals surface area (Å²) in [6.07, 6.45) is 4.85. The van der Waals surface area contributed by atoms with Gasteiger partial charge in [-0.25, -0.2) is 5.84 Å². The molecule has 0 aromatic carbocycles. The first kappa shape index (κ1) is 9.52. The van der Waals surface area contributed by atoms with E-state index < -0.39 is 0 Å². The van der Waals surface area contributed by atoms with Gasteiger partial charge < -0.3 is 0 Å². The molecule has 1 aliphatic carbocycles. The van der Waals surface area contributed by atoms with Gasteiger partial charge in [0.05, 0.1) is 0 Å². The van der Waals surface area contributed by atoms with Gasteiger partial charge >= 0.3 is 0 Å². The van der Waals surface area contributed by atoms with E-state index in [1.165, 1.54) is 19.3 Å². The smallest absolute Gasteiger partial charge is 0.239 e. The highest BCUT2D eigenvalue weighted by Gasteiger charge is 2.32. The van der Waals surface area contributed by atoms with Crippen molar-refractivity contribution in [2.45, 2.75) is 39.5 Å². The van der Waals surface area contributed by atoms with Gasteiger partial charge in [0.25, 0.3) is 0 Å². The molecule has 0 spiro atoms. The summed E-state index contributed by atoms with van der Waals surface area (Å²) in [7, 11) is 0. The molecule has 70 valence electrons. The molecule has 0 aromatic rings. The lowest BCUT2D eigenvalue weighted by Crippen LogP contribution is -2.42. The van der Waals surface area contributed by atoms with E-state index in [9.17, 15) is 4.79 Å². The molecule has 0 heterocycles. The maximum atomic E-state index is 11.3. The average Bonchev–Trinajstić information content (AvgIpc) is 1.95. The van der Waals surface area contributed by atoms with Crippen LogP contribution in [0.15, 0.2) is 0 Å². The molecule has 12 heavy (non-hydrogen) atoms. The summed E-state index contributed by atoms with van der Waals surface area (Å²) in [5.74, 6) is 5.79. The van der Waals surface area contributed by atoms with Crippen molar-refractivity contribution in [1.82, 2.24) is 5.43 Å². The molecular weight excluding hydrogens is 152 g/mol. The van der Waals surface area contributed by atoms with E-state index in [1.54, 1.807) is 0 Å². The summed E-state index contributed by atoms with van der Waals surface area (Å²) in [5, 5.41) is 0. The Labute approximate surface area is 73.7 Å². The SMILES string of the molecule is CC(C)(CC1CCC1)C(=O)NN. The first-order chi connectivity index (χ1) is 5.56. The molecule has 3 nitrogen and oxygen atoms in total. The van der Waals surface area contributed by atoms with Crippen LogP contribution in [0.4, 0.5) is 0 Å². The number of hydrazine groups is 1. The highest BCUT2D eigenvalue weighted by Crippen LogP contribution is 2.37. The number of nitrogens with one attached hydrogen (secondary N) is 1. The third-order valence-corrected chi connectivity index (χ3v) is 2.77. The van der Waals surface area contributed by atoms with Crippen molar-refractivity contribution in [1.29, 1.82) is 0 Å². The van der Waals surface area contributed by atoms with Crippen molar-refractivity contribution in [3.05, 3.63) is 0 Å². The number of amides is 1. The summed E-state index contributed by atoms with van der Waals surface area (Å²) in [6, 6.07) is 0. The molecule has 0 saturated heterocycles. The predicted octanol–water partition coefficient (Wildman–Crippen LogP) is 1.19. The van der Waals surface area contributed by atoms with Gasteiger partial charge in [0.2, 0.25) is 5.91 Å². The summed E-state index contributed by atoms with van der Waals surface area (Å²) in [5.41, 5.74) is 1.93. The van der Waals surface area contributed by atoms with Gasteiger partial charge in [-0.05, 0) is 12.3 Å². The van der Waals surface area contributed by atoms with Gasteiger partial charge in [0, 0.05) is 5.41 Å². The standard InChI is InChI=1S/C9H18N2O/c1-9(2,8(12)11-10)6-7-4-3-5-7/h7H,3-6,10H2,1-2H3,(H,11,12). The molecule has 0 bridgehead atoms. The van der Waals surface area contributed by atoms with Crippen molar-refractivity contribution in [3.8, 4) is 0 Å². The van der Waals surface area contributed by atoms with E-state index >= 15 is 0 Å². The van der Waals surface area contributed by atoms with E-state index in [1.807, 2.05) is 13.8 Å². The molecule has 0 unspecified atom stereocenters. The maximum Gasteiger partial charge on any atom is 0.239 e. The molecule has 0 aromatic heterocycles. The Hall–Kier alpha value is -0.570. The van der Waals surface area contributed by atoms with Gasteiger partial charge in [0.1, 0.15) is 0 Å². The first-order valence-corrected chi connectivity index (χ1v) is 4.57. The van der Waals surface area contributed by atoms with Gasteiger partial charge in [-0.3, -0.25) is 10.2 Å². The van der Waals surface area contributed by atoms with Gasteiger partial charge in [-0.1, -0.05) is 33.1 Å². The van der Waals surface area contributed by atoms with Gasteiger partial charge in [-0.15, -0.1) is 0 Å². The van der Waals surface area contributed by atoms with Crippen LogP contribution in [-0.2, 0) is 4.79 Å². The van der Waals surface area contributed by atoms with Crippen molar-refractivity contribution in [3.63, 3.8) is 0 Å². The third kappa shape index (κ3) is 1.97. The van der Waals surface area contributed by atoms with E-state index in [0.717, 1.165) is 12.3 Å². The molecule has 3 N–H and O–H groups in total. The molecular formula is C9H18N2O. The fourth-order valence-electron chi connectivity index (χ4n) is 1.71. The number of nitrogens with two attached hydrogens (primary N) is 1. The Bertz CT molecular complexity index is 173. The fraction of sp³-hybridized carbons (Fsp3) is 0.889. The minimum atomic E-state index is -0.292. The first-order valence-electron chi connectivity index (χ1n) is 4.57. The Morgan fingerprint density at radius 2 is 2.17 bits per heavy atom. The van der Waals surface area contributed by atoms with Crippen LogP contribution in [0, 0.1) is 11.3 Å². The second-order valence-corrected chi connectivity index (χ2v) is 4.36. The molecule has 0 radical (unpaired) electrons. The van der Waals surface area contributed by atoms with Crippen LogP contribution in [0.5, 0.6) is 0 Å². The van der Waals surface area contributed by atoms with E-state index in [-0.39, 0.29) is 11.3 Å². The second-order valence-electron chi connectivity index (χ2n) is 4.36. The summed E-state index contributed by atoms with van der Waals surface area (Å²) in [6.45, 7) is 3.90. The van der Waals surface area contributed by atoms with Crippen LogP contribution in [0.1, 0.15) is 39.5 Å². The summed E-state index contributed by atoms with van der Waals surface area (Å²) >= 11 is 0. The van der Waals surface area contributed by atoms with E-state index in [2.05, 4.69) is 5.43 Å². The number of carbonyl (C=O) groups is 1. The fourth-order valence-corrected chi connectivity index (χ4v) is 1.71. The van der Waals surface area contributed by atoms with Crippen LogP contribution in [0.25, 0.3) is 0 Å². The molecule has 0 atom stereocenters. The Morgan fingerprint density at radius 3 is 2.50 bits per heavy atom. The summed E-state index contributed by atoms with van der Waals surface area (Å²) in [4.78, 5) is 11.3. The molecule has 1 amide bonds.